The van der Waals surface area contributed by atoms with Gasteiger partial charge in [-0.1, -0.05) is 30.3 Å². The van der Waals surface area contributed by atoms with E-state index in [1.807, 2.05) is 0 Å². The second-order valence-corrected chi connectivity index (χ2v) is 7.46. The molecule has 3 rings (SSSR count). The van der Waals surface area contributed by atoms with Crippen LogP contribution in [0, 0.1) is 5.92 Å². The predicted molar refractivity (Wildman–Crippen MR) is 107 cm³/mol. The zero-order valence-electron chi connectivity index (χ0n) is 18.1. The molecular formula is C21H21N3O10. The van der Waals surface area contributed by atoms with E-state index in [-0.39, 0.29) is 42.4 Å². The summed E-state index contributed by atoms with van der Waals surface area (Å²) in [6.07, 6.45) is -1.73. The second-order valence-electron chi connectivity index (χ2n) is 7.46. The zero-order chi connectivity index (χ0) is 24.8. The van der Waals surface area contributed by atoms with Crippen molar-refractivity contribution in [3.05, 3.63) is 35.9 Å². The van der Waals surface area contributed by atoms with E-state index in [2.05, 4.69) is 5.32 Å². The number of nitrogens with one attached hydrogen (secondary N) is 1. The number of benzene rings is 1. The van der Waals surface area contributed by atoms with Crippen LogP contribution in [0.5, 0.6) is 0 Å². The molecule has 0 radical (unpaired) electrons. The van der Waals surface area contributed by atoms with Crippen LogP contribution in [-0.2, 0) is 49.8 Å². The average Bonchev–Trinajstić information content (AvgIpc) is 3.31. The average molecular weight is 475 g/mol. The largest absolute Gasteiger partial charge is 0.445 e. The van der Waals surface area contributed by atoms with Crippen LogP contribution in [0.3, 0.4) is 0 Å². The van der Waals surface area contributed by atoms with Crippen LogP contribution in [0.4, 0.5) is 4.79 Å². The van der Waals surface area contributed by atoms with Gasteiger partial charge in [-0.05, 0) is 12.5 Å². The van der Waals surface area contributed by atoms with Gasteiger partial charge in [0.2, 0.25) is 0 Å². The summed E-state index contributed by atoms with van der Waals surface area (Å²) < 4.78 is 5.04. The van der Waals surface area contributed by atoms with Crippen LogP contribution >= 0.6 is 0 Å². The highest BCUT2D eigenvalue weighted by molar-refractivity contribution is 6.03. The minimum atomic E-state index is -1.79. The normalized spacial score (nSPS) is 17.4. The molecule has 0 saturated carbocycles. The lowest BCUT2D eigenvalue weighted by molar-refractivity contribution is -0.206. The van der Waals surface area contributed by atoms with Gasteiger partial charge in [0.1, 0.15) is 12.6 Å². The first-order valence-electron chi connectivity index (χ1n) is 10.3. The molecule has 2 atom stereocenters. The van der Waals surface area contributed by atoms with Gasteiger partial charge in [-0.3, -0.25) is 19.2 Å². The van der Waals surface area contributed by atoms with Gasteiger partial charge in [-0.25, -0.2) is 14.4 Å². The minimum Gasteiger partial charge on any atom is -0.445 e. The van der Waals surface area contributed by atoms with Crippen LogP contribution in [-0.4, -0.2) is 57.8 Å². The summed E-state index contributed by atoms with van der Waals surface area (Å²) in [7, 11) is 0. The van der Waals surface area contributed by atoms with Gasteiger partial charge in [0.25, 0.3) is 23.6 Å². The van der Waals surface area contributed by atoms with Crippen molar-refractivity contribution >= 4 is 41.7 Å². The lowest BCUT2D eigenvalue weighted by Gasteiger charge is -2.24. The van der Waals surface area contributed by atoms with E-state index in [0.29, 0.717) is 5.56 Å². The summed E-state index contributed by atoms with van der Waals surface area (Å²) in [5, 5.41) is 2.67. The first-order valence-corrected chi connectivity index (χ1v) is 10.3. The molecule has 0 aliphatic carbocycles. The third kappa shape index (κ3) is 5.74. The first-order chi connectivity index (χ1) is 16.2. The van der Waals surface area contributed by atoms with Crippen LogP contribution in [0.2, 0.25) is 0 Å². The number of nitrogens with zero attached hydrogens (tertiary/aromatic N) is 2. The quantitative estimate of drug-likeness (QED) is 0.511. The predicted octanol–water partition coefficient (Wildman–Crippen LogP) is 0.132. The summed E-state index contributed by atoms with van der Waals surface area (Å²) >= 11 is 0. The van der Waals surface area contributed by atoms with Gasteiger partial charge in [-0.2, -0.15) is 0 Å². The highest BCUT2D eigenvalue weighted by Gasteiger charge is 2.42. The maximum Gasteiger partial charge on any atom is 0.408 e. The number of carbonyl (C=O) groups is 7. The number of imide groups is 2. The molecule has 1 aromatic carbocycles. The van der Waals surface area contributed by atoms with Crippen molar-refractivity contribution in [1.29, 1.82) is 0 Å². The summed E-state index contributed by atoms with van der Waals surface area (Å²) in [6, 6.07) is 6.80. The van der Waals surface area contributed by atoms with Crippen molar-refractivity contribution < 1.29 is 48.0 Å². The molecule has 1 aromatic rings. The zero-order valence-corrected chi connectivity index (χ0v) is 18.1. The smallest absolute Gasteiger partial charge is 0.408 e. The highest BCUT2D eigenvalue weighted by Crippen LogP contribution is 2.18. The third-order valence-corrected chi connectivity index (χ3v) is 4.99. The summed E-state index contributed by atoms with van der Waals surface area (Å²) in [4.78, 5) is 94.2. The van der Waals surface area contributed by atoms with E-state index in [1.54, 1.807) is 30.3 Å². The molecule has 2 fully saturated rings. The molecule has 0 bridgehead atoms. The lowest BCUT2D eigenvalue weighted by Crippen LogP contribution is -2.51. The van der Waals surface area contributed by atoms with E-state index in [4.69, 9.17) is 14.4 Å². The molecule has 0 unspecified atom stereocenters. The van der Waals surface area contributed by atoms with E-state index < -0.39 is 53.6 Å². The van der Waals surface area contributed by atoms with Crippen molar-refractivity contribution in [3.63, 3.8) is 0 Å². The van der Waals surface area contributed by atoms with Crippen molar-refractivity contribution in [2.45, 2.75) is 45.3 Å². The fourth-order valence-corrected chi connectivity index (χ4v) is 3.05. The van der Waals surface area contributed by atoms with E-state index >= 15 is 0 Å². The molecule has 2 saturated heterocycles. The van der Waals surface area contributed by atoms with Gasteiger partial charge in [0.15, 0.2) is 0 Å². The van der Waals surface area contributed by atoms with Crippen LogP contribution < -0.4 is 5.32 Å². The fourth-order valence-electron chi connectivity index (χ4n) is 3.05. The number of carbonyl (C=O) groups excluding carboxylic acids is 7. The van der Waals surface area contributed by atoms with Gasteiger partial charge in [-0.15, -0.1) is 10.1 Å². The molecule has 2 heterocycles. The monoisotopic (exact) mass is 475 g/mol. The molecule has 13 heteroatoms. The second kappa shape index (κ2) is 10.6. The number of hydrogen-bond acceptors (Lipinski definition) is 10. The van der Waals surface area contributed by atoms with E-state index in [1.165, 1.54) is 0 Å². The Hall–Kier alpha value is -4.29. The number of hydrogen-bond donors (Lipinski definition) is 1. The van der Waals surface area contributed by atoms with Crippen LogP contribution in [0.1, 0.15) is 38.2 Å². The summed E-state index contributed by atoms with van der Waals surface area (Å²) in [6.45, 7) is 0.998. The molecule has 0 spiro atoms. The Morgan fingerprint density at radius 3 is 1.79 bits per heavy atom. The fraction of sp³-hybridized carbons (Fsp3) is 0.381. The van der Waals surface area contributed by atoms with E-state index in [9.17, 15) is 33.6 Å². The number of hydroxylamine groups is 4. The number of alkyl carbamates (subject to hydrolysis) is 1. The standard InChI is InChI=1S/C21H21N3O10/c1-12(19(29)33-23-14(25)7-8-15(23)26)18(20(30)34-24-16(27)9-10-17(24)28)22-21(31)32-11-13-5-3-2-4-6-13/h2-6,12,18H,7-11H2,1H3,(H,22,31)/t12-,18+/m1/s1. The molecule has 2 aliphatic rings. The van der Waals surface area contributed by atoms with E-state index in [0.717, 1.165) is 6.92 Å². The Morgan fingerprint density at radius 1 is 0.824 bits per heavy atom. The topological polar surface area (TPSA) is 166 Å². The lowest BCUT2D eigenvalue weighted by atomic mass is 10.0. The van der Waals surface area contributed by atoms with Crippen molar-refractivity contribution in [2.24, 2.45) is 5.92 Å². The third-order valence-electron chi connectivity index (χ3n) is 4.99. The molecule has 2 aliphatic heterocycles. The Kier molecular flexibility index (Phi) is 7.56. The Morgan fingerprint density at radius 2 is 1.29 bits per heavy atom. The Bertz CT molecular complexity index is 993. The maximum absolute atomic E-state index is 12.7. The van der Waals surface area contributed by atoms with Crippen molar-refractivity contribution in [3.8, 4) is 0 Å². The van der Waals surface area contributed by atoms with Gasteiger partial charge in [0.05, 0.1) is 5.92 Å². The Labute approximate surface area is 192 Å². The first kappa shape index (κ1) is 24.4. The molecule has 0 aromatic heterocycles. The number of rotatable bonds is 8. The minimum absolute atomic E-state index is 0.144. The molecule has 1 N–H and O–H groups in total. The Balaban J connectivity index is 1.70. The molecule has 5 amide bonds. The van der Waals surface area contributed by atoms with Crippen molar-refractivity contribution in [1.82, 2.24) is 15.4 Å². The highest BCUT2D eigenvalue weighted by atomic mass is 16.7. The van der Waals surface area contributed by atoms with Gasteiger partial charge in [0, 0.05) is 25.7 Å². The van der Waals surface area contributed by atoms with Crippen molar-refractivity contribution in [2.75, 3.05) is 0 Å². The molecule has 13 nitrogen and oxygen atoms in total. The number of ether oxygens (including phenoxy) is 1. The van der Waals surface area contributed by atoms with Gasteiger partial charge < -0.3 is 19.7 Å². The summed E-state index contributed by atoms with van der Waals surface area (Å²) in [5.41, 5.74) is 0.642. The maximum atomic E-state index is 12.7. The van der Waals surface area contributed by atoms with Crippen LogP contribution in [0.25, 0.3) is 0 Å². The number of amides is 5. The van der Waals surface area contributed by atoms with Crippen LogP contribution in [0.15, 0.2) is 30.3 Å². The summed E-state index contributed by atoms with van der Waals surface area (Å²) in [5.74, 6) is -7.08. The SMILES string of the molecule is C[C@@H](C(=O)ON1C(=O)CCC1=O)[C@H](NC(=O)OCc1ccccc1)C(=O)ON1C(=O)CCC1=O. The molecule has 34 heavy (non-hydrogen) atoms. The van der Waals surface area contributed by atoms with Gasteiger partial charge >= 0.3 is 18.0 Å². The molecular weight excluding hydrogens is 454 g/mol. The molecule has 180 valence electrons.